The summed E-state index contributed by atoms with van der Waals surface area (Å²) in [6, 6.07) is 6.78. The molecule has 80 heavy (non-hydrogen) atoms. The average molecular weight is 1110 g/mol. The number of fused-ring (bicyclic) bond motifs is 5. The summed E-state index contributed by atoms with van der Waals surface area (Å²) in [5.74, 6) is -3.88. The molecule has 21 nitrogen and oxygen atoms in total. The van der Waals surface area contributed by atoms with Gasteiger partial charge < -0.3 is 50.5 Å². The van der Waals surface area contributed by atoms with Crippen LogP contribution in [0.25, 0.3) is 22.3 Å². The largest absolute Gasteiger partial charge is 0.458 e. The molecular formula is C58H69FN8O13. The molecule has 4 aliphatic rings. The standard InChI is InChI=1S/C58H69FN8O13/c1-8-58(77)38-26-43-50-36(28-67(43)53(73)37(38)30-78-54(58)74)48-40(21-20-35-32(4)39(59)27-42(62-50)47(35)48)64-56(76)79-29-33-16-18-34(19-17-33)61-51(71)41(14-11-12-24-60-55(75)80-57(5,6)7)63-52(72)49(31(2)3)65-44(68)15-10-9-13-25-66-45(69)22-23-46(66)70/h16-19,22-23,26-27,31,40-41,49,77H,8-15,20-21,24-25,28-30H2,1-7H3,(H,60,75)(H,61,71)(H,63,72)(H,64,76)(H,65,68)/t40-,41-,49-,58-/m0/s1. The normalized spacial score (nSPS) is 17.8. The van der Waals surface area contributed by atoms with E-state index in [1.165, 1.54) is 22.8 Å². The Morgan fingerprint density at radius 3 is 2.33 bits per heavy atom. The van der Waals surface area contributed by atoms with E-state index in [-0.39, 0.29) is 86.9 Å². The Bertz CT molecular complexity index is 3220. The van der Waals surface area contributed by atoms with Crippen LogP contribution in [0.15, 0.2) is 53.3 Å². The minimum atomic E-state index is -2.05. The Morgan fingerprint density at radius 1 is 0.912 bits per heavy atom. The lowest BCUT2D eigenvalue weighted by Crippen LogP contribution is -2.54. The number of esters is 1. The molecule has 2 aromatic carbocycles. The number of nitrogens with zero attached hydrogens (tertiary/aromatic N) is 3. The van der Waals surface area contributed by atoms with E-state index in [1.807, 2.05) is 0 Å². The van der Waals surface area contributed by atoms with Gasteiger partial charge in [-0.05, 0) is 125 Å². The molecule has 0 radical (unpaired) electrons. The highest BCUT2D eigenvalue weighted by Crippen LogP contribution is 2.46. The van der Waals surface area contributed by atoms with Crippen molar-refractivity contribution in [2.45, 2.75) is 162 Å². The number of halogens is 1. The van der Waals surface area contributed by atoms with E-state index in [0.29, 0.717) is 95.2 Å². The number of benzene rings is 2. The number of hydrogen-bond acceptors (Lipinski definition) is 14. The second-order valence-electron chi connectivity index (χ2n) is 22.1. The zero-order valence-electron chi connectivity index (χ0n) is 46.1. The number of anilines is 1. The van der Waals surface area contributed by atoms with Gasteiger partial charge >= 0.3 is 18.2 Å². The van der Waals surface area contributed by atoms with Gasteiger partial charge in [0, 0.05) is 59.9 Å². The molecule has 7 amide bonds. The average Bonchev–Trinajstić information content (AvgIpc) is 4.16. The molecule has 6 N–H and O–H groups in total. The molecule has 5 heterocycles. The Kier molecular flexibility index (Phi) is 17.6. The highest BCUT2D eigenvalue weighted by molar-refractivity contribution is 6.12. The molecule has 2 aromatic heterocycles. The molecular weight excluding hydrogens is 1040 g/mol. The van der Waals surface area contributed by atoms with Crippen molar-refractivity contribution in [2.24, 2.45) is 5.92 Å². The Hall–Kier alpha value is -8.01. The second-order valence-corrected chi connectivity index (χ2v) is 22.1. The van der Waals surface area contributed by atoms with Crippen LogP contribution in [0, 0.1) is 18.7 Å². The summed E-state index contributed by atoms with van der Waals surface area (Å²) < 4.78 is 33.2. The molecule has 0 unspecified atom stereocenters. The number of aromatic nitrogens is 2. The van der Waals surface area contributed by atoms with E-state index in [1.54, 1.807) is 78.8 Å². The van der Waals surface area contributed by atoms with Gasteiger partial charge in [0.15, 0.2) is 5.60 Å². The Morgan fingerprint density at radius 2 is 1.64 bits per heavy atom. The zero-order valence-corrected chi connectivity index (χ0v) is 46.1. The van der Waals surface area contributed by atoms with Gasteiger partial charge in [-0.2, -0.15) is 0 Å². The molecule has 0 saturated heterocycles. The van der Waals surface area contributed by atoms with Crippen LogP contribution in [0.3, 0.4) is 0 Å². The molecule has 4 atom stereocenters. The maximum atomic E-state index is 15.5. The van der Waals surface area contributed by atoms with Crippen LogP contribution in [-0.2, 0) is 74.8 Å². The third kappa shape index (κ3) is 12.7. The number of ether oxygens (including phenoxy) is 3. The van der Waals surface area contributed by atoms with Gasteiger partial charge in [0.2, 0.25) is 17.7 Å². The van der Waals surface area contributed by atoms with E-state index in [4.69, 9.17) is 19.2 Å². The maximum absolute atomic E-state index is 15.5. The topological polar surface area (TPSA) is 283 Å². The van der Waals surface area contributed by atoms with E-state index >= 15 is 4.39 Å². The summed E-state index contributed by atoms with van der Waals surface area (Å²) in [5.41, 5.74) is 1.57. The molecule has 426 valence electrons. The van der Waals surface area contributed by atoms with Crippen LogP contribution >= 0.6 is 0 Å². The smallest absolute Gasteiger partial charge is 0.407 e. The predicted octanol–water partition coefficient (Wildman–Crippen LogP) is 6.19. The first-order valence-corrected chi connectivity index (χ1v) is 27.2. The second kappa shape index (κ2) is 24.2. The van der Waals surface area contributed by atoms with Gasteiger partial charge in [-0.1, -0.05) is 39.3 Å². The lowest BCUT2D eigenvalue weighted by molar-refractivity contribution is -0.172. The number of carbonyl (C=O) groups excluding carboxylic acids is 8. The minimum Gasteiger partial charge on any atom is -0.458 e. The molecule has 22 heteroatoms. The van der Waals surface area contributed by atoms with Crippen LogP contribution in [0.2, 0.25) is 0 Å². The van der Waals surface area contributed by atoms with Crippen molar-refractivity contribution in [1.29, 1.82) is 0 Å². The number of nitrogens with one attached hydrogen (secondary N) is 5. The first-order valence-electron chi connectivity index (χ1n) is 27.2. The number of cyclic esters (lactones) is 1. The number of pyridine rings is 2. The SMILES string of the molecule is CC[C@@]1(O)C(=O)OCc2c1cc1n(c2=O)Cc2c-1nc1cc(F)c(C)c3c1c2[C@@H](NC(=O)OCc1ccc(NC(=O)[C@H](CCCCNC(=O)OC(C)(C)C)NC(=O)[C@@H](NC(=O)CCCCCN2C(=O)C=CC2=O)C(C)C)cc1)CC3. The summed E-state index contributed by atoms with van der Waals surface area (Å²) in [7, 11) is 0. The predicted molar refractivity (Wildman–Crippen MR) is 290 cm³/mol. The van der Waals surface area contributed by atoms with E-state index in [9.17, 15) is 48.3 Å². The zero-order chi connectivity index (χ0) is 57.8. The number of alkyl carbamates (subject to hydrolysis) is 2. The van der Waals surface area contributed by atoms with Crippen LogP contribution in [-0.4, -0.2) is 98.0 Å². The summed E-state index contributed by atoms with van der Waals surface area (Å²) in [5, 5.41) is 26.2. The molecule has 3 aliphatic heterocycles. The number of amides is 7. The summed E-state index contributed by atoms with van der Waals surface area (Å²) >= 11 is 0. The quantitative estimate of drug-likeness (QED) is 0.0207. The Balaban J connectivity index is 0.907. The first kappa shape index (κ1) is 58.1. The first-order chi connectivity index (χ1) is 38.0. The summed E-state index contributed by atoms with van der Waals surface area (Å²) in [6.45, 7) is 12.2. The lowest BCUT2D eigenvalue weighted by atomic mass is 9.81. The highest BCUT2D eigenvalue weighted by atomic mass is 19.1. The van der Waals surface area contributed by atoms with Gasteiger partial charge in [0.1, 0.15) is 36.7 Å². The fourth-order valence-corrected chi connectivity index (χ4v) is 10.6. The number of rotatable bonds is 21. The van der Waals surface area contributed by atoms with E-state index < -0.39 is 70.7 Å². The number of aryl methyl sites for hydroxylation is 1. The molecule has 0 spiro atoms. The minimum absolute atomic E-state index is 0.0416. The molecule has 0 fully saturated rings. The molecule has 8 rings (SSSR count). The van der Waals surface area contributed by atoms with Crippen molar-refractivity contribution in [1.82, 2.24) is 35.7 Å². The number of hydrogen-bond donors (Lipinski definition) is 6. The fourth-order valence-electron chi connectivity index (χ4n) is 10.6. The van der Waals surface area contributed by atoms with Crippen LogP contribution in [0.1, 0.15) is 144 Å². The van der Waals surface area contributed by atoms with Gasteiger partial charge in [0.05, 0.1) is 35.1 Å². The third-order valence-electron chi connectivity index (χ3n) is 14.9. The molecule has 1 aliphatic carbocycles. The highest BCUT2D eigenvalue weighted by Gasteiger charge is 2.46. The number of imide groups is 1. The fraction of sp³-hybridized carbons (Fsp3) is 0.483. The maximum Gasteiger partial charge on any atom is 0.407 e. The number of aliphatic hydroxyl groups is 1. The van der Waals surface area contributed by atoms with Crippen molar-refractivity contribution in [3.63, 3.8) is 0 Å². The number of unbranched alkanes of at least 4 members (excludes halogenated alkanes) is 3. The molecule has 4 aromatic rings. The third-order valence-corrected chi connectivity index (χ3v) is 14.9. The van der Waals surface area contributed by atoms with Gasteiger partial charge in [0.25, 0.3) is 17.4 Å². The van der Waals surface area contributed by atoms with Crippen molar-refractivity contribution >= 4 is 64.3 Å². The van der Waals surface area contributed by atoms with Gasteiger partial charge in [-0.3, -0.25) is 33.7 Å². The summed E-state index contributed by atoms with van der Waals surface area (Å²) in [4.78, 5) is 123. The van der Waals surface area contributed by atoms with Crippen molar-refractivity contribution in [2.75, 3.05) is 18.4 Å². The van der Waals surface area contributed by atoms with E-state index in [0.717, 1.165) is 10.5 Å². The van der Waals surface area contributed by atoms with Gasteiger partial charge in [-0.15, -0.1) is 0 Å². The lowest BCUT2D eigenvalue weighted by Gasteiger charge is -2.31. The molecule has 0 saturated carbocycles. The van der Waals surface area contributed by atoms with Crippen LogP contribution in [0.5, 0.6) is 0 Å². The van der Waals surface area contributed by atoms with Gasteiger partial charge in [-0.25, -0.2) is 23.8 Å². The number of carbonyl (C=O) groups is 8. The summed E-state index contributed by atoms with van der Waals surface area (Å²) in [6.07, 6.45) is 4.53. The molecule has 0 bridgehead atoms. The van der Waals surface area contributed by atoms with Crippen molar-refractivity contribution in [3.8, 4) is 11.4 Å². The monoisotopic (exact) mass is 1100 g/mol. The van der Waals surface area contributed by atoms with Crippen molar-refractivity contribution in [3.05, 3.63) is 104 Å². The van der Waals surface area contributed by atoms with E-state index in [2.05, 4.69) is 26.6 Å². The van der Waals surface area contributed by atoms with Crippen molar-refractivity contribution < 1.29 is 62.1 Å². The van der Waals surface area contributed by atoms with Crippen LogP contribution < -0.4 is 32.1 Å². The van der Waals surface area contributed by atoms with Crippen LogP contribution in [0.4, 0.5) is 19.7 Å². The Labute approximate surface area is 461 Å².